The molecule has 0 radical (unpaired) electrons. The lowest BCUT2D eigenvalue weighted by Crippen LogP contribution is -2.13. The Balaban J connectivity index is 2.38. The van der Waals surface area contributed by atoms with Crippen LogP contribution in [0.15, 0.2) is 18.6 Å². The van der Waals surface area contributed by atoms with E-state index in [2.05, 4.69) is 40.9 Å². The number of hydrogen-bond donors (Lipinski definition) is 1. The fourth-order valence-electron chi connectivity index (χ4n) is 1.44. The maximum absolute atomic E-state index is 4.15. The number of hydrogen-bond acceptors (Lipinski definition) is 2. The summed E-state index contributed by atoms with van der Waals surface area (Å²) in [5.74, 6) is 0. The van der Waals surface area contributed by atoms with Gasteiger partial charge in [-0.3, -0.25) is 0 Å². The molecule has 3 heteroatoms. The van der Waals surface area contributed by atoms with Crippen LogP contribution in [-0.2, 0) is 6.54 Å². The normalized spacial score (nSPS) is 11.3. The zero-order valence-corrected chi connectivity index (χ0v) is 9.74. The molecule has 1 aromatic heterocycles. The topological polar surface area (TPSA) is 29.9 Å². The van der Waals surface area contributed by atoms with Crippen molar-refractivity contribution in [2.24, 2.45) is 0 Å². The lowest BCUT2D eigenvalue weighted by molar-refractivity contribution is 0.673. The predicted molar refractivity (Wildman–Crippen MR) is 64.7 cm³/mol. The number of nitrogens with one attached hydrogen (secondary N) is 1. The smallest absolute Gasteiger partial charge is 0.0950 e. The van der Waals surface area contributed by atoms with Crippen LogP contribution < -0.4 is 5.32 Å². The average Bonchev–Trinajstić information content (AvgIpc) is 2.66. The Labute approximate surface area is 92.2 Å². The third-order valence-corrected chi connectivity index (χ3v) is 2.19. The average molecular weight is 207 g/mol. The van der Waals surface area contributed by atoms with Crippen molar-refractivity contribution >= 4 is 6.08 Å². The van der Waals surface area contributed by atoms with E-state index in [-0.39, 0.29) is 0 Å². The quantitative estimate of drug-likeness (QED) is 0.695. The van der Waals surface area contributed by atoms with Gasteiger partial charge in [0.25, 0.3) is 0 Å². The summed E-state index contributed by atoms with van der Waals surface area (Å²) >= 11 is 0. The van der Waals surface area contributed by atoms with Gasteiger partial charge in [-0.1, -0.05) is 19.9 Å². The van der Waals surface area contributed by atoms with Crippen LogP contribution in [0, 0.1) is 0 Å². The number of aryl methyl sites for hydroxylation is 1. The van der Waals surface area contributed by atoms with Crippen molar-refractivity contribution in [1.82, 2.24) is 14.9 Å². The van der Waals surface area contributed by atoms with Gasteiger partial charge in [-0.05, 0) is 25.5 Å². The Morgan fingerprint density at radius 2 is 2.27 bits per heavy atom. The molecule has 15 heavy (non-hydrogen) atoms. The first-order valence-electron chi connectivity index (χ1n) is 5.75. The molecule has 84 valence electrons. The van der Waals surface area contributed by atoms with E-state index < -0.39 is 0 Å². The summed E-state index contributed by atoms with van der Waals surface area (Å²) in [6.45, 7) is 7.41. The molecule has 1 aromatic rings. The van der Waals surface area contributed by atoms with Crippen LogP contribution in [0.1, 0.15) is 32.4 Å². The fraction of sp³-hybridized carbons (Fsp3) is 0.583. The Bertz CT molecular complexity index is 289. The Morgan fingerprint density at radius 1 is 1.40 bits per heavy atom. The third kappa shape index (κ3) is 4.30. The standard InChI is InChI=1S/C12H21N3/c1-3-7-13-8-5-6-12-10-14-11-15(12)9-4-2/h5-6,10-11,13H,3-4,7-9H2,1-2H3. The minimum atomic E-state index is 0.936. The largest absolute Gasteiger partial charge is 0.331 e. The van der Waals surface area contributed by atoms with Crippen molar-refractivity contribution in [2.45, 2.75) is 33.2 Å². The summed E-state index contributed by atoms with van der Waals surface area (Å²) in [5, 5.41) is 3.33. The van der Waals surface area contributed by atoms with Crippen molar-refractivity contribution in [3.63, 3.8) is 0 Å². The van der Waals surface area contributed by atoms with E-state index in [4.69, 9.17) is 0 Å². The highest BCUT2D eigenvalue weighted by Gasteiger charge is 1.95. The van der Waals surface area contributed by atoms with Gasteiger partial charge in [0.1, 0.15) is 0 Å². The van der Waals surface area contributed by atoms with Crippen molar-refractivity contribution in [3.8, 4) is 0 Å². The summed E-state index contributed by atoms with van der Waals surface area (Å²) in [7, 11) is 0. The van der Waals surface area contributed by atoms with Crippen LogP contribution in [0.3, 0.4) is 0 Å². The third-order valence-electron chi connectivity index (χ3n) is 2.19. The second-order valence-corrected chi connectivity index (χ2v) is 3.62. The highest BCUT2D eigenvalue weighted by Crippen LogP contribution is 2.02. The van der Waals surface area contributed by atoms with Gasteiger partial charge >= 0.3 is 0 Å². The first-order valence-corrected chi connectivity index (χ1v) is 5.75. The van der Waals surface area contributed by atoms with Gasteiger partial charge in [-0.15, -0.1) is 0 Å². The summed E-state index contributed by atoms with van der Waals surface area (Å²) in [6, 6.07) is 0. The molecule has 0 aliphatic carbocycles. The molecular weight excluding hydrogens is 186 g/mol. The Hall–Kier alpha value is -1.09. The number of imidazole rings is 1. The first-order chi connectivity index (χ1) is 7.38. The molecule has 0 unspecified atom stereocenters. The number of aromatic nitrogens is 2. The number of nitrogens with zero attached hydrogens (tertiary/aromatic N) is 2. The Kier molecular flexibility index (Phi) is 5.78. The van der Waals surface area contributed by atoms with E-state index in [1.165, 1.54) is 12.1 Å². The molecule has 3 nitrogen and oxygen atoms in total. The summed E-state index contributed by atoms with van der Waals surface area (Å²) in [6.07, 6.45) is 10.4. The first kappa shape index (κ1) is 12.0. The zero-order chi connectivity index (χ0) is 10.9. The van der Waals surface area contributed by atoms with Gasteiger partial charge < -0.3 is 9.88 Å². The molecule has 0 saturated heterocycles. The van der Waals surface area contributed by atoms with Gasteiger partial charge in [-0.2, -0.15) is 0 Å². The molecule has 1 N–H and O–H groups in total. The van der Waals surface area contributed by atoms with Crippen molar-refractivity contribution in [2.75, 3.05) is 13.1 Å². The van der Waals surface area contributed by atoms with Crippen LogP contribution in [-0.4, -0.2) is 22.6 Å². The fourth-order valence-corrected chi connectivity index (χ4v) is 1.44. The van der Waals surface area contributed by atoms with E-state index in [0.29, 0.717) is 0 Å². The van der Waals surface area contributed by atoms with E-state index in [9.17, 15) is 0 Å². The van der Waals surface area contributed by atoms with Crippen LogP contribution in [0.25, 0.3) is 6.08 Å². The molecule has 0 fully saturated rings. The highest BCUT2D eigenvalue weighted by atomic mass is 15.0. The second-order valence-electron chi connectivity index (χ2n) is 3.62. The molecule has 0 bridgehead atoms. The molecule has 1 rings (SSSR count). The minimum absolute atomic E-state index is 0.936. The van der Waals surface area contributed by atoms with E-state index >= 15 is 0 Å². The predicted octanol–water partition coefficient (Wildman–Crippen LogP) is 2.31. The molecule has 0 aliphatic rings. The highest BCUT2D eigenvalue weighted by molar-refractivity contribution is 5.43. The van der Waals surface area contributed by atoms with E-state index in [1.54, 1.807) is 0 Å². The van der Waals surface area contributed by atoms with Gasteiger partial charge in [0.2, 0.25) is 0 Å². The van der Waals surface area contributed by atoms with Crippen LogP contribution in [0.4, 0.5) is 0 Å². The molecule has 0 atom stereocenters. The molecule has 0 amide bonds. The summed E-state index contributed by atoms with van der Waals surface area (Å²) < 4.78 is 2.18. The van der Waals surface area contributed by atoms with Crippen molar-refractivity contribution < 1.29 is 0 Å². The molecule has 0 spiro atoms. The lowest BCUT2D eigenvalue weighted by Gasteiger charge is -2.02. The molecule has 1 heterocycles. The molecule has 0 aliphatic heterocycles. The van der Waals surface area contributed by atoms with Gasteiger partial charge in [0.15, 0.2) is 0 Å². The monoisotopic (exact) mass is 207 g/mol. The van der Waals surface area contributed by atoms with E-state index in [0.717, 1.165) is 26.1 Å². The molecule has 0 saturated carbocycles. The summed E-state index contributed by atoms with van der Waals surface area (Å²) in [4.78, 5) is 4.15. The molecular formula is C12H21N3. The van der Waals surface area contributed by atoms with Crippen LogP contribution in [0.2, 0.25) is 0 Å². The number of rotatable bonds is 7. The van der Waals surface area contributed by atoms with Crippen LogP contribution in [0.5, 0.6) is 0 Å². The second kappa shape index (κ2) is 7.23. The van der Waals surface area contributed by atoms with E-state index in [1.807, 2.05) is 12.5 Å². The summed E-state index contributed by atoms with van der Waals surface area (Å²) in [5.41, 5.74) is 1.19. The maximum Gasteiger partial charge on any atom is 0.0950 e. The van der Waals surface area contributed by atoms with Crippen molar-refractivity contribution in [1.29, 1.82) is 0 Å². The molecule has 0 aromatic carbocycles. The van der Waals surface area contributed by atoms with Gasteiger partial charge in [-0.25, -0.2) is 4.98 Å². The minimum Gasteiger partial charge on any atom is -0.331 e. The van der Waals surface area contributed by atoms with Crippen LogP contribution >= 0.6 is 0 Å². The Morgan fingerprint density at radius 3 is 3.00 bits per heavy atom. The van der Waals surface area contributed by atoms with Crippen molar-refractivity contribution in [3.05, 3.63) is 24.3 Å². The zero-order valence-electron chi connectivity index (χ0n) is 9.74. The van der Waals surface area contributed by atoms with Gasteiger partial charge in [0.05, 0.1) is 18.2 Å². The maximum atomic E-state index is 4.15. The lowest BCUT2D eigenvalue weighted by atomic mass is 10.3. The SMILES string of the molecule is CCCNCC=Cc1cncn1CCC. The van der Waals surface area contributed by atoms with Gasteiger partial charge in [0, 0.05) is 13.1 Å².